The Morgan fingerprint density at radius 2 is 1.16 bits per heavy atom. The molecule has 1 spiro atoms. The normalized spacial score (nSPS) is 18.8. The zero-order valence-electron chi connectivity index (χ0n) is 34.6. The van der Waals surface area contributed by atoms with Crippen molar-refractivity contribution in [1.82, 2.24) is 4.57 Å². The molecule has 5 heteroatoms. The van der Waals surface area contributed by atoms with Crippen molar-refractivity contribution in [3.05, 3.63) is 228 Å². The van der Waals surface area contributed by atoms with Gasteiger partial charge in [-0.1, -0.05) is 166 Å². The van der Waals surface area contributed by atoms with E-state index >= 15 is 4.57 Å². The Bertz CT molecular complexity index is 3850. The highest BCUT2D eigenvalue weighted by atomic mass is 31.2. The number of para-hydroxylation sites is 3. The molecule has 0 radical (unpaired) electrons. The lowest BCUT2D eigenvalue weighted by Crippen LogP contribution is -2.48. The summed E-state index contributed by atoms with van der Waals surface area (Å²) in [6, 6.07) is 68.5. The van der Waals surface area contributed by atoms with Crippen LogP contribution in [0.3, 0.4) is 0 Å². The van der Waals surface area contributed by atoms with Crippen LogP contribution in [0.4, 0.5) is 0 Å². The molecule has 2 aromatic heterocycles. The van der Waals surface area contributed by atoms with E-state index in [1.807, 2.05) is 54.6 Å². The van der Waals surface area contributed by atoms with E-state index in [2.05, 4.69) is 158 Å². The van der Waals surface area contributed by atoms with Crippen molar-refractivity contribution >= 4 is 66.8 Å². The number of hydrogen-bond acceptors (Lipinski definition) is 3. The number of nitrogens with zero attached hydrogens (tertiary/aromatic N) is 1. The van der Waals surface area contributed by atoms with Gasteiger partial charge in [0.2, 0.25) is 0 Å². The fraction of sp³-hybridized carbons (Fsp3) is 0.0690. The van der Waals surface area contributed by atoms with Gasteiger partial charge in [0.25, 0.3) is 0 Å². The zero-order chi connectivity index (χ0) is 41.8. The van der Waals surface area contributed by atoms with Crippen LogP contribution < -0.4 is 20.7 Å². The summed E-state index contributed by atoms with van der Waals surface area (Å²) in [6.07, 6.45) is 0. The molecule has 9 aromatic carbocycles. The summed E-state index contributed by atoms with van der Waals surface area (Å²) in [5, 5.41) is 6.85. The van der Waals surface area contributed by atoms with Gasteiger partial charge in [-0.05, 0) is 64.2 Å². The van der Waals surface area contributed by atoms with Gasteiger partial charge in [0.05, 0.1) is 16.4 Å². The predicted molar refractivity (Wildman–Crippen MR) is 257 cm³/mol. The number of ether oxygens (including phenoxy) is 1. The van der Waals surface area contributed by atoms with Crippen LogP contribution in [0.5, 0.6) is 11.5 Å². The van der Waals surface area contributed by atoms with Crippen molar-refractivity contribution in [3.8, 4) is 28.3 Å². The first-order valence-electron chi connectivity index (χ1n) is 21.7. The molecule has 0 amide bonds. The molecule has 4 nitrogen and oxygen atoms in total. The first-order valence-corrected chi connectivity index (χ1v) is 23.4. The van der Waals surface area contributed by atoms with E-state index in [4.69, 9.17) is 9.15 Å². The lowest BCUT2D eigenvalue weighted by Gasteiger charge is -2.47. The van der Waals surface area contributed by atoms with Gasteiger partial charge in [-0.3, -0.25) is 0 Å². The number of benzene rings is 9. The van der Waals surface area contributed by atoms with Crippen molar-refractivity contribution < 1.29 is 13.7 Å². The lowest BCUT2D eigenvalue weighted by molar-refractivity contribution is 0.435. The monoisotopic (exact) mass is 827 g/mol. The Kier molecular flexibility index (Phi) is 6.80. The van der Waals surface area contributed by atoms with E-state index < -0.39 is 12.6 Å². The summed E-state index contributed by atoms with van der Waals surface area (Å²) >= 11 is 0. The minimum absolute atomic E-state index is 0.150. The summed E-state index contributed by atoms with van der Waals surface area (Å²) < 4.78 is 32.8. The quantitative estimate of drug-likeness (QED) is 0.163. The van der Waals surface area contributed by atoms with Gasteiger partial charge in [-0.2, -0.15) is 0 Å². The van der Waals surface area contributed by atoms with Crippen LogP contribution in [0.1, 0.15) is 47.2 Å². The topological polar surface area (TPSA) is 44.4 Å². The zero-order valence-corrected chi connectivity index (χ0v) is 35.5. The largest absolute Gasteiger partial charge is 0.457 e. The summed E-state index contributed by atoms with van der Waals surface area (Å²) in [6.45, 7) is 4.69. The summed E-state index contributed by atoms with van der Waals surface area (Å²) in [5.41, 5.74) is 13.1. The minimum Gasteiger partial charge on any atom is -0.457 e. The minimum atomic E-state index is -3.46. The first kappa shape index (κ1) is 35.2. The molecule has 0 fully saturated rings. The standard InChI is InChI=1S/C58H38NO3P/c1-57(2)42-21-9-6-20-40(42)55-46(57)31-29-39-37-18-7-12-24-48(37)59(56(39)55)35-28-30-44-52(32-35)62-50-26-14-10-22-43(50)58(44)45-23-11-15-27-53(45)63(60,36-16-4-3-5-17-36)54-34-51-41(33-47(54)58)38-19-8-13-25-49(38)61-51/h3-34H,1-2H3. The molecule has 0 N–H and O–H groups in total. The van der Waals surface area contributed by atoms with Crippen LogP contribution in [-0.4, -0.2) is 4.57 Å². The average Bonchev–Trinajstić information content (AvgIpc) is 3.95. The molecule has 298 valence electrons. The van der Waals surface area contributed by atoms with Crippen molar-refractivity contribution in [2.75, 3.05) is 0 Å². The molecule has 3 aliphatic rings. The molecule has 0 bridgehead atoms. The van der Waals surface area contributed by atoms with E-state index in [1.54, 1.807) is 0 Å². The van der Waals surface area contributed by atoms with Gasteiger partial charge in [0.1, 0.15) is 22.7 Å². The SMILES string of the molecule is CC1(C)c2ccccc2-c2c1ccc1c3ccccc3n(-c3ccc4c(c3)Oc3ccccc3C43c4ccccc4P(=O)(c4ccccc4)c4cc5oc6ccccc6c5cc43)c21. The van der Waals surface area contributed by atoms with Gasteiger partial charge in [-0.15, -0.1) is 0 Å². The number of hydrogen-bond donors (Lipinski definition) is 0. The van der Waals surface area contributed by atoms with Crippen molar-refractivity contribution in [2.24, 2.45) is 0 Å². The van der Waals surface area contributed by atoms with Gasteiger partial charge in [0.15, 0.2) is 7.14 Å². The second-order valence-electron chi connectivity index (χ2n) is 17.9. The highest BCUT2D eigenvalue weighted by molar-refractivity contribution is 7.85. The van der Waals surface area contributed by atoms with E-state index in [1.165, 1.54) is 38.5 Å². The second kappa shape index (κ2) is 12.2. The molecule has 63 heavy (non-hydrogen) atoms. The van der Waals surface area contributed by atoms with Gasteiger partial charge in [0, 0.05) is 71.3 Å². The van der Waals surface area contributed by atoms with E-state index in [-0.39, 0.29) is 5.41 Å². The van der Waals surface area contributed by atoms with Crippen LogP contribution in [0.15, 0.2) is 199 Å². The summed E-state index contributed by atoms with van der Waals surface area (Å²) in [5.74, 6) is 1.54. The molecule has 0 saturated carbocycles. The van der Waals surface area contributed by atoms with Gasteiger partial charge in [-0.25, -0.2) is 0 Å². The molecule has 11 aromatic rings. The van der Waals surface area contributed by atoms with E-state index in [9.17, 15) is 0 Å². The van der Waals surface area contributed by atoms with Gasteiger partial charge < -0.3 is 18.3 Å². The highest BCUT2D eigenvalue weighted by Crippen LogP contribution is 2.63. The van der Waals surface area contributed by atoms with E-state index in [0.29, 0.717) is 0 Å². The van der Waals surface area contributed by atoms with Crippen molar-refractivity contribution in [1.29, 1.82) is 0 Å². The highest BCUT2D eigenvalue weighted by Gasteiger charge is 2.55. The molecular formula is C58H38NO3P. The molecule has 4 heterocycles. The van der Waals surface area contributed by atoms with Crippen LogP contribution in [-0.2, 0) is 15.4 Å². The smallest absolute Gasteiger partial charge is 0.171 e. The third kappa shape index (κ3) is 4.29. The molecular weight excluding hydrogens is 790 g/mol. The molecule has 2 aliphatic heterocycles. The number of rotatable bonds is 2. The lowest BCUT2D eigenvalue weighted by atomic mass is 9.63. The maximum absolute atomic E-state index is 16.6. The second-order valence-corrected chi connectivity index (χ2v) is 20.6. The number of aromatic nitrogens is 1. The maximum atomic E-state index is 16.6. The third-order valence-corrected chi connectivity index (χ3v) is 17.7. The maximum Gasteiger partial charge on any atom is 0.171 e. The predicted octanol–water partition coefficient (Wildman–Crippen LogP) is 13.4. The Morgan fingerprint density at radius 1 is 0.476 bits per heavy atom. The Balaban J connectivity index is 1.11. The average molecular weight is 828 g/mol. The van der Waals surface area contributed by atoms with E-state index in [0.717, 1.165) is 82.8 Å². The van der Waals surface area contributed by atoms with Crippen LogP contribution in [0.2, 0.25) is 0 Å². The van der Waals surface area contributed by atoms with Crippen LogP contribution in [0, 0.1) is 0 Å². The third-order valence-electron chi connectivity index (χ3n) is 14.5. The molecule has 14 rings (SSSR count). The Labute approximate surface area is 364 Å². The number of fused-ring (bicyclic) bond motifs is 18. The molecule has 1 aliphatic carbocycles. The fourth-order valence-corrected chi connectivity index (χ4v) is 15.0. The summed E-state index contributed by atoms with van der Waals surface area (Å²) in [4.78, 5) is 0. The molecule has 2 atom stereocenters. The fourth-order valence-electron chi connectivity index (χ4n) is 11.8. The number of furan rings is 1. The van der Waals surface area contributed by atoms with Crippen LogP contribution >= 0.6 is 7.14 Å². The first-order chi connectivity index (χ1) is 30.9. The molecule has 0 saturated heterocycles. The van der Waals surface area contributed by atoms with Crippen molar-refractivity contribution in [3.63, 3.8) is 0 Å². The summed E-state index contributed by atoms with van der Waals surface area (Å²) in [7, 11) is -3.46. The Hall–Kier alpha value is -7.39. The van der Waals surface area contributed by atoms with Gasteiger partial charge >= 0.3 is 0 Å². The van der Waals surface area contributed by atoms with Crippen molar-refractivity contribution in [2.45, 2.75) is 24.7 Å². The van der Waals surface area contributed by atoms with Crippen LogP contribution in [0.25, 0.3) is 60.6 Å². The molecule has 2 unspecified atom stereocenters. The Morgan fingerprint density at radius 3 is 2.03 bits per heavy atom.